The molecule has 0 aromatic heterocycles. The lowest BCUT2D eigenvalue weighted by molar-refractivity contribution is 0.324. The minimum absolute atomic E-state index is 0.808. The summed E-state index contributed by atoms with van der Waals surface area (Å²) < 4.78 is 0. The molecule has 0 unspecified atom stereocenters. The minimum atomic E-state index is 0.808. The van der Waals surface area contributed by atoms with Crippen molar-refractivity contribution >= 4 is 11.8 Å². The van der Waals surface area contributed by atoms with E-state index in [9.17, 15) is 0 Å². The summed E-state index contributed by atoms with van der Waals surface area (Å²) in [5.41, 5.74) is 5.38. The Bertz CT molecular complexity index is 74.5. The maximum Gasteiger partial charge on any atom is 0.00721 e. The van der Waals surface area contributed by atoms with Gasteiger partial charge in [0.1, 0.15) is 0 Å². The van der Waals surface area contributed by atoms with E-state index in [1.54, 1.807) is 0 Å². The van der Waals surface area contributed by atoms with Crippen LogP contribution in [-0.2, 0) is 0 Å². The molecule has 2 nitrogen and oxygen atoms in total. The molecule has 0 spiro atoms. The summed E-state index contributed by atoms with van der Waals surface area (Å²) in [6, 6.07) is 0. The molecule has 0 heterocycles. The van der Waals surface area contributed by atoms with Crippen molar-refractivity contribution < 1.29 is 0 Å². The molecule has 0 radical (unpaired) electrons. The highest BCUT2D eigenvalue weighted by Crippen LogP contribution is 1.98. The van der Waals surface area contributed by atoms with Gasteiger partial charge < -0.3 is 10.6 Å². The molecule has 0 saturated carbocycles. The highest BCUT2D eigenvalue weighted by Gasteiger charge is 1.96. The average Bonchev–Trinajstić information content (AvgIpc) is 2.05. The first-order valence-electron chi connectivity index (χ1n) is 4.35. The summed E-state index contributed by atoms with van der Waals surface area (Å²) in [5, 5.41) is 0. The van der Waals surface area contributed by atoms with Gasteiger partial charge in [-0.2, -0.15) is 11.8 Å². The Kier molecular flexibility index (Phi) is 8.57. The van der Waals surface area contributed by atoms with Crippen LogP contribution in [0.1, 0.15) is 13.8 Å². The molecule has 0 aromatic rings. The van der Waals surface area contributed by atoms with Crippen molar-refractivity contribution in [1.82, 2.24) is 4.90 Å². The molecule has 3 heteroatoms. The number of hydrogen-bond acceptors (Lipinski definition) is 3. The van der Waals surface area contributed by atoms with Crippen LogP contribution >= 0.6 is 11.8 Å². The van der Waals surface area contributed by atoms with E-state index in [4.69, 9.17) is 5.73 Å². The molecule has 0 amide bonds. The second-order valence-electron chi connectivity index (χ2n) is 2.43. The van der Waals surface area contributed by atoms with E-state index < -0.39 is 0 Å². The Morgan fingerprint density at radius 2 is 1.82 bits per heavy atom. The normalized spacial score (nSPS) is 10.9. The van der Waals surface area contributed by atoms with Crippen LogP contribution in [0.4, 0.5) is 0 Å². The Morgan fingerprint density at radius 3 is 2.27 bits per heavy atom. The molecular weight excluding hydrogens is 156 g/mol. The summed E-state index contributed by atoms with van der Waals surface area (Å²) in [5.74, 6) is 2.32. The molecule has 0 aliphatic carbocycles. The maximum absolute atomic E-state index is 5.38. The first-order chi connectivity index (χ1) is 5.35. The fourth-order valence-corrected chi connectivity index (χ4v) is 1.68. The molecule has 0 rings (SSSR count). The van der Waals surface area contributed by atoms with Crippen molar-refractivity contribution in [2.45, 2.75) is 13.8 Å². The van der Waals surface area contributed by atoms with Crippen LogP contribution in [0.15, 0.2) is 0 Å². The summed E-state index contributed by atoms with van der Waals surface area (Å²) >= 11 is 1.95. The Hall–Kier alpha value is 0.270. The van der Waals surface area contributed by atoms with Crippen molar-refractivity contribution in [2.24, 2.45) is 5.73 Å². The Labute approximate surface area is 74.5 Å². The number of nitrogens with two attached hydrogens (primary N) is 1. The fourth-order valence-electron chi connectivity index (χ4n) is 0.919. The summed E-state index contributed by atoms with van der Waals surface area (Å²) in [7, 11) is 0. The van der Waals surface area contributed by atoms with Crippen LogP contribution in [0.2, 0.25) is 0 Å². The van der Waals surface area contributed by atoms with Crippen molar-refractivity contribution in [3.05, 3.63) is 0 Å². The van der Waals surface area contributed by atoms with E-state index in [1.807, 2.05) is 11.8 Å². The molecule has 0 aliphatic heterocycles. The van der Waals surface area contributed by atoms with Crippen molar-refractivity contribution in [2.75, 3.05) is 37.7 Å². The minimum Gasteiger partial charge on any atom is -0.330 e. The van der Waals surface area contributed by atoms with Gasteiger partial charge in [0.05, 0.1) is 0 Å². The van der Waals surface area contributed by atoms with Crippen molar-refractivity contribution in [3.63, 3.8) is 0 Å². The largest absolute Gasteiger partial charge is 0.330 e. The zero-order valence-electron chi connectivity index (χ0n) is 7.68. The summed E-state index contributed by atoms with van der Waals surface area (Å²) in [6.45, 7) is 8.76. The number of thioether (sulfide) groups is 1. The van der Waals surface area contributed by atoms with E-state index in [-0.39, 0.29) is 0 Å². The van der Waals surface area contributed by atoms with Crippen LogP contribution in [0.5, 0.6) is 0 Å². The van der Waals surface area contributed by atoms with E-state index in [0.717, 1.165) is 12.3 Å². The van der Waals surface area contributed by atoms with E-state index in [1.165, 1.54) is 25.4 Å². The van der Waals surface area contributed by atoms with Crippen molar-refractivity contribution in [3.8, 4) is 0 Å². The van der Waals surface area contributed by atoms with Gasteiger partial charge in [0.25, 0.3) is 0 Å². The third-order valence-corrected chi connectivity index (χ3v) is 2.70. The first-order valence-corrected chi connectivity index (χ1v) is 5.50. The number of hydrogen-bond donors (Lipinski definition) is 1. The molecule has 0 aliphatic rings. The Balaban J connectivity index is 3.07. The zero-order valence-corrected chi connectivity index (χ0v) is 8.49. The zero-order chi connectivity index (χ0) is 8.53. The number of rotatable bonds is 7. The standard InChI is InChI=1S/C8H20N2S/c1-3-10(4-2)6-8-11-7-5-9/h3-9H2,1-2H3. The molecule has 68 valence electrons. The predicted molar refractivity (Wildman–Crippen MR) is 54.2 cm³/mol. The second kappa shape index (κ2) is 8.37. The van der Waals surface area contributed by atoms with Gasteiger partial charge in [-0.1, -0.05) is 13.8 Å². The fraction of sp³-hybridized carbons (Fsp3) is 1.00. The first kappa shape index (κ1) is 11.3. The number of nitrogens with zero attached hydrogens (tertiary/aromatic N) is 1. The van der Waals surface area contributed by atoms with Crippen LogP contribution < -0.4 is 5.73 Å². The van der Waals surface area contributed by atoms with Crippen LogP contribution in [0.25, 0.3) is 0 Å². The monoisotopic (exact) mass is 176 g/mol. The average molecular weight is 176 g/mol. The van der Waals surface area contributed by atoms with Gasteiger partial charge in [0, 0.05) is 24.6 Å². The van der Waals surface area contributed by atoms with Gasteiger partial charge in [-0.15, -0.1) is 0 Å². The highest BCUT2D eigenvalue weighted by molar-refractivity contribution is 7.99. The maximum atomic E-state index is 5.38. The second-order valence-corrected chi connectivity index (χ2v) is 3.65. The Morgan fingerprint density at radius 1 is 1.18 bits per heavy atom. The van der Waals surface area contributed by atoms with Gasteiger partial charge in [-0.25, -0.2) is 0 Å². The lowest BCUT2D eigenvalue weighted by atomic mass is 10.5. The van der Waals surface area contributed by atoms with E-state index in [2.05, 4.69) is 18.7 Å². The molecule has 11 heavy (non-hydrogen) atoms. The molecule has 0 aromatic carbocycles. The quantitative estimate of drug-likeness (QED) is 0.587. The van der Waals surface area contributed by atoms with Crippen LogP contribution in [0.3, 0.4) is 0 Å². The molecule has 0 atom stereocenters. The van der Waals surface area contributed by atoms with E-state index >= 15 is 0 Å². The summed E-state index contributed by atoms with van der Waals surface area (Å²) in [4.78, 5) is 2.43. The molecule has 0 fully saturated rings. The van der Waals surface area contributed by atoms with Crippen molar-refractivity contribution in [1.29, 1.82) is 0 Å². The lowest BCUT2D eigenvalue weighted by Crippen LogP contribution is -2.25. The third-order valence-electron chi connectivity index (χ3n) is 1.71. The molecule has 0 saturated heterocycles. The molecule has 2 N–H and O–H groups in total. The van der Waals surface area contributed by atoms with Crippen LogP contribution in [0, 0.1) is 0 Å². The van der Waals surface area contributed by atoms with Gasteiger partial charge in [0.2, 0.25) is 0 Å². The lowest BCUT2D eigenvalue weighted by Gasteiger charge is -2.16. The van der Waals surface area contributed by atoms with Gasteiger partial charge in [-0.05, 0) is 13.1 Å². The van der Waals surface area contributed by atoms with E-state index in [0.29, 0.717) is 0 Å². The summed E-state index contributed by atoms with van der Waals surface area (Å²) in [6.07, 6.45) is 0. The van der Waals surface area contributed by atoms with Crippen LogP contribution in [-0.4, -0.2) is 42.6 Å². The SMILES string of the molecule is CCN(CC)CCSCCN. The predicted octanol–water partition coefficient (Wildman–Crippen LogP) is 1.02. The molecule has 0 bridgehead atoms. The smallest absolute Gasteiger partial charge is 0.00721 e. The molecular formula is C8H20N2S. The topological polar surface area (TPSA) is 29.3 Å². The highest BCUT2D eigenvalue weighted by atomic mass is 32.2. The van der Waals surface area contributed by atoms with Gasteiger partial charge in [0.15, 0.2) is 0 Å². The van der Waals surface area contributed by atoms with Gasteiger partial charge >= 0.3 is 0 Å². The van der Waals surface area contributed by atoms with Gasteiger partial charge in [-0.3, -0.25) is 0 Å². The third kappa shape index (κ3) is 6.66.